The molecule has 1 aromatic heterocycles. The first-order valence-electron chi connectivity index (χ1n) is 5.64. The number of nitrogens with two attached hydrogens (primary N) is 1. The Morgan fingerprint density at radius 1 is 1.41 bits per heavy atom. The van der Waals surface area contributed by atoms with Crippen LogP contribution in [0, 0.1) is 10.2 Å². The number of carbonyl (C=O) groups excluding carboxylic acids is 1. The third kappa shape index (κ3) is 2.97. The van der Waals surface area contributed by atoms with Crippen LogP contribution in [0.4, 0.5) is 0 Å². The number of hydrogen-bond donors (Lipinski definition) is 2. The normalized spacial score (nSPS) is 12.8. The zero-order valence-electron chi connectivity index (χ0n) is 11.1. The van der Waals surface area contributed by atoms with Crippen LogP contribution in [0.5, 0.6) is 0 Å². The molecule has 5 heteroatoms. The number of hydrogen-bond acceptors (Lipinski definition) is 2. The van der Waals surface area contributed by atoms with Gasteiger partial charge in [0.05, 0.1) is 5.41 Å². The van der Waals surface area contributed by atoms with E-state index in [0.717, 1.165) is 5.69 Å². The zero-order valence-corrected chi connectivity index (χ0v) is 11.9. The summed E-state index contributed by atoms with van der Waals surface area (Å²) in [7, 11) is 0. The van der Waals surface area contributed by atoms with Gasteiger partial charge in [-0.05, 0) is 26.1 Å². The standard InChI is InChI=1S/C12H21N3OS/c1-11(2,3)8-6-14-10(17)15(8)7-12(4,5)9(13)16/h6H,7H2,1-5H3,(H2,13,16)(H,14,17). The minimum atomic E-state index is -0.611. The van der Waals surface area contributed by atoms with E-state index in [2.05, 4.69) is 25.8 Å². The molecule has 96 valence electrons. The van der Waals surface area contributed by atoms with E-state index in [4.69, 9.17) is 18.0 Å². The second kappa shape index (κ2) is 4.29. The Morgan fingerprint density at radius 3 is 2.35 bits per heavy atom. The lowest BCUT2D eigenvalue weighted by Gasteiger charge is -2.26. The van der Waals surface area contributed by atoms with Gasteiger partial charge in [-0.2, -0.15) is 0 Å². The number of primary amides is 1. The lowest BCUT2D eigenvalue weighted by atomic mass is 9.89. The summed E-state index contributed by atoms with van der Waals surface area (Å²) in [6.45, 7) is 10.5. The summed E-state index contributed by atoms with van der Waals surface area (Å²) in [5.74, 6) is -0.319. The van der Waals surface area contributed by atoms with Gasteiger partial charge in [0.15, 0.2) is 4.77 Å². The molecule has 1 rings (SSSR count). The van der Waals surface area contributed by atoms with Gasteiger partial charge in [-0.1, -0.05) is 20.8 Å². The smallest absolute Gasteiger partial charge is 0.224 e. The number of aromatic nitrogens is 2. The van der Waals surface area contributed by atoms with Crippen molar-refractivity contribution in [2.45, 2.75) is 46.6 Å². The predicted octanol–water partition coefficient (Wildman–Crippen LogP) is 2.35. The summed E-state index contributed by atoms with van der Waals surface area (Å²) in [6, 6.07) is 0. The zero-order chi connectivity index (χ0) is 13.4. The van der Waals surface area contributed by atoms with Crippen LogP contribution in [0.3, 0.4) is 0 Å². The van der Waals surface area contributed by atoms with Crippen molar-refractivity contribution in [3.63, 3.8) is 0 Å². The fraction of sp³-hybridized carbons (Fsp3) is 0.667. The first kappa shape index (κ1) is 14.0. The molecular formula is C12H21N3OS. The highest BCUT2D eigenvalue weighted by atomic mass is 32.1. The molecular weight excluding hydrogens is 234 g/mol. The molecule has 17 heavy (non-hydrogen) atoms. The van der Waals surface area contributed by atoms with Gasteiger partial charge >= 0.3 is 0 Å². The third-order valence-corrected chi connectivity index (χ3v) is 3.20. The van der Waals surface area contributed by atoms with E-state index in [9.17, 15) is 4.79 Å². The maximum atomic E-state index is 11.4. The SMILES string of the molecule is CC(C)(Cn1c(C(C)(C)C)c[nH]c1=S)C(N)=O. The van der Waals surface area contributed by atoms with Crippen LogP contribution in [0.15, 0.2) is 6.20 Å². The fourth-order valence-electron chi connectivity index (χ4n) is 1.65. The Hall–Kier alpha value is -1.10. The van der Waals surface area contributed by atoms with Crippen molar-refractivity contribution in [1.82, 2.24) is 9.55 Å². The third-order valence-electron chi connectivity index (χ3n) is 2.86. The van der Waals surface area contributed by atoms with Gasteiger partial charge in [0, 0.05) is 23.9 Å². The van der Waals surface area contributed by atoms with Crippen molar-refractivity contribution in [2.24, 2.45) is 11.1 Å². The molecule has 0 bridgehead atoms. The number of H-pyrrole nitrogens is 1. The summed E-state index contributed by atoms with van der Waals surface area (Å²) in [6.07, 6.45) is 1.90. The molecule has 0 atom stereocenters. The van der Waals surface area contributed by atoms with Gasteiger partial charge in [-0.3, -0.25) is 4.79 Å². The van der Waals surface area contributed by atoms with Crippen LogP contribution in [0.2, 0.25) is 0 Å². The second-order valence-corrected chi connectivity index (χ2v) is 6.45. The summed E-state index contributed by atoms with van der Waals surface area (Å²) < 4.78 is 2.59. The van der Waals surface area contributed by atoms with Gasteiger partial charge in [-0.25, -0.2) is 0 Å². The summed E-state index contributed by atoms with van der Waals surface area (Å²) >= 11 is 5.25. The van der Waals surface area contributed by atoms with Crippen molar-refractivity contribution in [2.75, 3.05) is 0 Å². The van der Waals surface area contributed by atoms with Gasteiger partial charge in [0.2, 0.25) is 5.91 Å². The minimum Gasteiger partial charge on any atom is -0.369 e. The molecule has 0 aromatic carbocycles. The molecule has 0 radical (unpaired) electrons. The van der Waals surface area contributed by atoms with Crippen molar-refractivity contribution in [3.05, 3.63) is 16.7 Å². The quantitative estimate of drug-likeness (QED) is 0.814. The molecule has 1 heterocycles. The molecule has 4 nitrogen and oxygen atoms in total. The van der Waals surface area contributed by atoms with Crippen molar-refractivity contribution < 1.29 is 4.79 Å². The molecule has 0 aliphatic carbocycles. The highest BCUT2D eigenvalue weighted by Crippen LogP contribution is 2.26. The van der Waals surface area contributed by atoms with E-state index in [1.165, 1.54) is 0 Å². The first-order valence-corrected chi connectivity index (χ1v) is 6.05. The predicted molar refractivity (Wildman–Crippen MR) is 71.3 cm³/mol. The van der Waals surface area contributed by atoms with Gasteiger partial charge < -0.3 is 15.3 Å². The Morgan fingerprint density at radius 2 is 1.94 bits per heavy atom. The van der Waals surface area contributed by atoms with E-state index < -0.39 is 5.41 Å². The van der Waals surface area contributed by atoms with E-state index in [1.54, 1.807) is 0 Å². The maximum absolute atomic E-state index is 11.4. The number of imidazole rings is 1. The highest BCUT2D eigenvalue weighted by molar-refractivity contribution is 7.71. The molecule has 0 aliphatic heterocycles. The summed E-state index contributed by atoms with van der Waals surface area (Å²) in [5, 5.41) is 0. The molecule has 0 saturated carbocycles. The summed E-state index contributed by atoms with van der Waals surface area (Å²) in [5.41, 5.74) is 5.84. The average Bonchev–Trinajstić information content (AvgIpc) is 2.46. The molecule has 0 unspecified atom stereocenters. The molecule has 1 amide bonds. The van der Waals surface area contributed by atoms with Gasteiger partial charge in [-0.15, -0.1) is 0 Å². The maximum Gasteiger partial charge on any atom is 0.224 e. The first-order chi connectivity index (χ1) is 7.55. The van der Waals surface area contributed by atoms with Gasteiger partial charge in [0.25, 0.3) is 0 Å². The second-order valence-electron chi connectivity index (χ2n) is 6.06. The number of nitrogens with zero attached hydrogens (tertiary/aromatic N) is 1. The number of carbonyl (C=O) groups is 1. The van der Waals surface area contributed by atoms with E-state index in [0.29, 0.717) is 11.3 Å². The Balaban J connectivity index is 3.20. The van der Waals surface area contributed by atoms with Crippen LogP contribution in [0.1, 0.15) is 40.3 Å². The van der Waals surface area contributed by atoms with Crippen LogP contribution in [0.25, 0.3) is 0 Å². The van der Waals surface area contributed by atoms with Crippen LogP contribution in [-0.4, -0.2) is 15.5 Å². The number of aromatic amines is 1. The number of nitrogens with one attached hydrogen (secondary N) is 1. The van der Waals surface area contributed by atoms with Crippen molar-refractivity contribution in [1.29, 1.82) is 0 Å². The lowest BCUT2D eigenvalue weighted by molar-refractivity contribution is -0.126. The molecule has 3 N–H and O–H groups in total. The van der Waals surface area contributed by atoms with Crippen molar-refractivity contribution >= 4 is 18.1 Å². The average molecular weight is 255 g/mol. The van der Waals surface area contributed by atoms with E-state index >= 15 is 0 Å². The monoisotopic (exact) mass is 255 g/mol. The lowest BCUT2D eigenvalue weighted by Crippen LogP contribution is -2.36. The van der Waals surface area contributed by atoms with Crippen LogP contribution < -0.4 is 5.73 Å². The molecule has 0 saturated heterocycles. The number of amides is 1. The number of rotatable bonds is 3. The topological polar surface area (TPSA) is 63.8 Å². The molecule has 0 spiro atoms. The van der Waals surface area contributed by atoms with Crippen molar-refractivity contribution in [3.8, 4) is 0 Å². The summed E-state index contributed by atoms with van der Waals surface area (Å²) in [4.78, 5) is 14.4. The molecule has 1 aromatic rings. The highest BCUT2D eigenvalue weighted by Gasteiger charge is 2.29. The Kier molecular flexibility index (Phi) is 3.52. The Bertz CT molecular complexity index is 477. The van der Waals surface area contributed by atoms with E-state index in [-0.39, 0.29) is 11.3 Å². The Labute approximate surface area is 107 Å². The van der Waals surface area contributed by atoms with Gasteiger partial charge in [0.1, 0.15) is 0 Å². The molecule has 0 aliphatic rings. The fourth-order valence-corrected chi connectivity index (χ4v) is 1.87. The molecule has 0 fully saturated rings. The van der Waals surface area contributed by atoms with Crippen LogP contribution in [-0.2, 0) is 16.8 Å². The minimum absolute atomic E-state index is 0.0265. The largest absolute Gasteiger partial charge is 0.369 e. The van der Waals surface area contributed by atoms with E-state index in [1.807, 2.05) is 24.6 Å². The van der Waals surface area contributed by atoms with Crippen LogP contribution >= 0.6 is 12.2 Å².